The fourth-order valence-corrected chi connectivity index (χ4v) is 4.05. The number of hydrogen-bond acceptors (Lipinski definition) is 8. The second-order valence-corrected chi connectivity index (χ2v) is 8.77. The molecule has 0 aliphatic rings. The van der Waals surface area contributed by atoms with Gasteiger partial charge < -0.3 is 30.0 Å². The molecule has 1 amide bonds. The van der Waals surface area contributed by atoms with E-state index in [1.165, 1.54) is 13.2 Å². The van der Waals surface area contributed by atoms with Gasteiger partial charge in [0.05, 0.1) is 13.7 Å². The van der Waals surface area contributed by atoms with Gasteiger partial charge in [0.25, 0.3) is 0 Å². The molecule has 9 nitrogen and oxygen atoms in total. The number of anilines is 1. The molecular formula is C26H37F3N4O5. The van der Waals surface area contributed by atoms with E-state index in [0.29, 0.717) is 36.4 Å². The quantitative estimate of drug-likeness (QED) is 0.237. The highest BCUT2D eigenvalue weighted by Gasteiger charge is 2.31. The average molecular weight is 543 g/mol. The summed E-state index contributed by atoms with van der Waals surface area (Å²) in [5.74, 6) is -0.526. The molecule has 1 aromatic carbocycles. The Labute approximate surface area is 221 Å². The van der Waals surface area contributed by atoms with Crippen molar-refractivity contribution >= 4 is 11.9 Å². The summed E-state index contributed by atoms with van der Waals surface area (Å²) in [5.41, 5.74) is 1.77. The van der Waals surface area contributed by atoms with Gasteiger partial charge in [-0.25, -0.2) is 4.79 Å². The van der Waals surface area contributed by atoms with E-state index in [1.807, 2.05) is 0 Å². The Kier molecular flexibility index (Phi) is 12.4. The number of aromatic hydroxyl groups is 1. The minimum absolute atomic E-state index is 0.0568. The van der Waals surface area contributed by atoms with E-state index in [0.717, 1.165) is 44.2 Å². The van der Waals surface area contributed by atoms with E-state index in [2.05, 4.69) is 39.4 Å². The highest BCUT2D eigenvalue weighted by Crippen LogP contribution is 2.37. The van der Waals surface area contributed by atoms with E-state index in [1.54, 1.807) is 7.11 Å². The lowest BCUT2D eigenvalue weighted by atomic mass is 9.96. The molecule has 0 spiro atoms. The molecule has 0 bridgehead atoms. The van der Waals surface area contributed by atoms with Crippen LogP contribution in [0.15, 0.2) is 18.2 Å². The zero-order valence-corrected chi connectivity index (χ0v) is 22.3. The van der Waals surface area contributed by atoms with Crippen molar-refractivity contribution in [3.63, 3.8) is 0 Å². The summed E-state index contributed by atoms with van der Waals surface area (Å²) in [6.45, 7) is 4.70. The number of carbonyl (C=O) groups is 1. The fraction of sp³-hybridized carbons (Fsp3) is 0.577. The van der Waals surface area contributed by atoms with Crippen molar-refractivity contribution in [3.8, 4) is 22.8 Å². The third-order valence-corrected chi connectivity index (χ3v) is 6.00. The number of aromatic nitrogens is 2. The molecule has 0 saturated heterocycles. The lowest BCUT2D eigenvalue weighted by Gasteiger charge is -2.23. The summed E-state index contributed by atoms with van der Waals surface area (Å²) in [6, 6.07) is 3.40. The molecule has 1 aromatic heterocycles. The Morgan fingerprint density at radius 3 is 2.47 bits per heavy atom. The zero-order valence-electron chi connectivity index (χ0n) is 22.3. The Morgan fingerprint density at radius 2 is 1.87 bits per heavy atom. The maximum atomic E-state index is 12.7. The first-order valence-corrected chi connectivity index (χ1v) is 12.7. The van der Waals surface area contributed by atoms with Gasteiger partial charge in [-0.15, -0.1) is 23.4 Å². The van der Waals surface area contributed by atoms with Crippen LogP contribution in [0.4, 0.5) is 23.8 Å². The number of nitrogens with zero attached hydrogens (tertiary/aromatic N) is 2. The van der Waals surface area contributed by atoms with Crippen LogP contribution in [0.3, 0.4) is 0 Å². The van der Waals surface area contributed by atoms with Crippen molar-refractivity contribution in [3.05, 3.63) is 29.3 Å². The van der Waals surface area contributed by atoms with Gasteiger partial charge in [-0.1, -0.05) is 33.1 Å². The van der Waals surface area contributed by atoms with Gasteiger partial charge in [-0.2, -0.15) is 0 Å². The SMILES string of the molecule is CCCCCC(CC)Nc1nnc(-c2ccc(OC(F)(F)F)cc2O)c(CCCOC)c1CNC(=O)OC. The second-order valence-electron chi connectivity index (χ2n) is 8.77. The van der Waals surface area contributed by atoms with Gasteiger partial charge in [0.15, 0.2) is 5.82 Å². The summed E-state index contributed by atoms with van der Waals surface area (Å²) in [7, 11) is 2.83. The number of rotatable bonds is 15. The van der Waals surface area contributed by atoms with Crippen molar-refractivity contribution in [1.29, 1.82) is 0 Å². The van der Waals surface area contributed by atoms with Crippen LogP contribution in [-0.4, -0.2) is 54.6 Å². The van der Waals surface area contributed by atoms with E-state index < -0.39 is 24.0 Å². The average Bonchev–Trinajstić information content (AvgIpc) is 2.87. The Morgan fingerprint density at radius 1 is 1.11 bits per heavy atom. The molecule has 2 aromatic rings. The van der Waals surface area contributed by atoms with Gasteiger partial charge in [-0.3, -0.25) is 0 Å². The predicted octanol–water partition coefficient (Wildman–Crippen LogP) is 5.95. The molecule has 3 N–H and O–H groups in total. The van der Waals surface area contributed by atoms with Crippen LogP contribution in [0.2, 0.25) is 0 Å². The first-order valence-electron chi connectivity index (χ1n) is 12.7. The van der Waals surface area contributed by atoms with Crippen LogP contribution in [0.5, 0.6) is 11.5 Å². The summed E-state index contributed by atoms with van der Waals surface area (Å²) in [6.07, 6.45) is 0.519. The standard InChI is InChI=1S/C26H37F3N4O5/c1-5-7-8-10-17(6-2)31-24-21(16-30-25(35)37-4)19(11-9-14-36-3)23(32-33-24)20-13-12-18(15-22(20)34)38-26(27,28)29/h12-13,15,17,34H,5-11,14,16H2,1-4H3,(H,30,35)(H,31,33). The minimum atomic E-state index is -4.90. The van der Waals surface area contributed by atoms with Crippen LogP contribution in [0.25, 0.3) is 11.3 Å². The zero-order chi connectivity index (χ0) is 28.1. The number of methoxy groups -OCH3 is 2. The first-order chi connectivity index (χ1) is 18.1. The van der Waals surface area contributed by atoms with Crippen LogP contribution in [-0.2, 0) is 22.4 Å². The van der Waals surface area contributed by atoms with E-state index in [9.17, 15) is 23.1 Å². The van der Waals surface area contributed by atoms with Crippen molar-refractivity contribution in [2.45, 2.75) is 77.7 Å². The van der Waals surface area contributed by atoms with Crippen LogP contribution in [0, 0.1) is 0 Å². The lowest BCUT2D eigenvalue weighted by Crippen LogP contribution is -2.27. The number of alkyl carbamates (subject to hydrolysis) is 1. The molecule has 1 atom stereocenters. The number of amides is 1. The van der Waals surface area contributed by atoms with Crippen LogP contribution >= 0.6 is 0 Å². The number of halogens is 3. The number of alkyl halides is 3. The third kappa shape index (κ3) is 9.55. The van der Waals surface area contributed by atoms with E-state index in [4.69, 9.17) is 9.47 Å². The summed E-state index contributed by atoms with van der Waals surface area (Å²) in [5, 5.41) is 25.5. The molecule has 0 radical (unpaired) electrons. The van der Waals surface area contributed by atoms with Crippen LogP contribution < -0.4 is 15.4 Å². The van der Waals surface area contributed by atoms with Crippen molar-refractivity contribution in [2.75, 3.05) is 26.1 Å². The third-order valence-electron chi connectivity index (χ3n) is 6.00. The molecule has 212 valence electrons. The van der Waals surface area contributed by atoms with Crippen molar-refractivity contribution < 1.29 is 37.3 Å². The highest BCUT2D eigenvalue weighted by atomic mass is 19.4. The number of phenolic OH excluding ortho intramolecular Hbond substituents is 1. The smallest absolute Gasteiger partial charge is 0.507 e. The first kappa shape index (κ1) is 30.9. The number of unbranched alkanes of at least 4 members (excludes halogenated alkanes) is 2. The minimum Gasteiger partial charge on any atom is -0.507 e. The highest BCUT2D eigenvalue weighted by molar-refractivity contribution is 5.74. The lowest BCUT2D eigenvalue weighted by molar-refractivity contribution is -0.274. The van der Waals surface area contributed by atoms with Gasteiger partial charge in [0.2, 0.25) is 0 Å². The largest absolute Gasteiger partial charge is 0.573 e. The topological polar surface area (TPSA) is 115 Å². The molecule has 0 saturated carbocycles. The van der Waals surface area contributed by atoms with Crippen LogP contribution in [0.1, 0.15) is 63.5 Å². The second kappa shape index (κ2) is 15.2. The fourth-order valence-electron chi connectivity index (χ4n) is 4.05. The monoisotopic (exact) mass is 542 g/mol. The number of carbonyl (C=O) groups excluding carboxylic acids is 1. The molecule has 0 aliphatic heterocycles. The van der Waals surface area contributed by atoms with Gasteiger partial charge in [0.1, 0.15) is 17.2 Å². The van der Waals surface area contributed by atoms with Crippen molar-refractivity contribution in [1.82, 2.24) is 15.5 Å². The summed E-state index contributed by atoms with van der Waals surface area (Å²) >= 11 is 0. The Hall–Kier alpha value is -3.28. The Balaban J connectivity index is 2.58. The Bertz CT molecular complexity index is 1040. The van der Waals surface area contributed by atoms with Gasteiger partial charge >= 0.3 is 12.5 Å². The maximum Gasteiger partial charge on any atom is 0.573 e. The van der Waals surface area contributed by atoms with Crippen molar-refractivity contribution in [2.24, 2.45) is 0 Å². The summed E-state index contributed by atoms with van der Waals surface area (Å²) < 4.78 is 51.8. The summed E-state index contributed by atoms with van der Waals surface area (Å²) in [4.78, 5) is 11.9. The molecule has 12 heteroatoms. The molecule has 1 heterocycles. The predicted molar refractivity (Wildman–Crippen MR) is 137 cm³/mol. The van der Waals surface area contributed by atoms with Gasteiger partial charge in [-0.05, 0) is 43.4 Å². The number of ether oxygens (including phenoxy) is 3. The molecule has 0 aliphatic carbocycles. The van der Waals surface area contributed by atoms with Gasteiger partial charge in [0, 0.05) is 37.0 Å². The number of benzene rings is 1. The normalized spacial score (nSPS) is 12.2. The number of nitrogens with one attached hydrogen (secondary N) is 2. The molecule has 1 unspecified atom stereocenters. The number of hydrogen-bond donors (Lipinski definition) is 3. The molecule has 0 fully saturated rings. The van der Waals surface area contributed by atoms with E-state index >= 15 is 0 Å². The molecule has 38 heavy (non-hydrogen) atoms. The number of phenols is 1. The molecular weight excluding hydrogens is 505 g/mol. The van der Waals surface area contributed by atoms with E-state index in [-0.39, 0.29) is 23.8 Å². The molecule has 2 rings (SSSR count). The maximum absolute atomic E-state index is 12.7.